The largest absolute Gasteiger partial charge is 0.372 e. The maximum atomic E-state index is 12.2. The normalized spacial score (nSPS) is 15.8. The van der Waals surface area contributed by atoms with Gasteiger partial charge in [0, 0.05) is 43.3 Å². The van der Waals surface area contributed by atoms with E-state index in [0.717, 1.165) is 24.3 Å². The molecule has 126 valence electrons. The summed E-state index contributed by atoms with van der Waals surface area (Å²) in [4.78, 5) is 18.7. The number of nitrogens with one attached hydrogen (secondary N) is 1. The van der Waals surface area contributed by atoms with Crippen LogP contribution in [0.2, 0.25) is 0 Å². The lowest BCUT2D eigenvalue weighted by Gasteiger charge is -2.28. The fraction of sp³-hybridized carbons (Fsp3) is 0.400. The van der Waals surface area contributed by atoms with Crippen molar-refractivity contribution in [1.29, 1.82) is 0 Å². The predicted octanol–water partition coefficient (Wildman–Crippen LogP) is 4.20. The van der Waals surface area contributed by atoms with Crippen LogP contribution < -0.4 is 10.2 Å². The molecule has 2 heterocycles. The van der Waals surface area contributed by atoms with Crippen molar-refractivity contribution in [1.82, 2.24) is 4.98 Å². The Kier molecular flexibility index (Phi) is 5.47. The van der Waals surface area contributed by atoms with E-state index in [2.05, 4.69) is 34.3 Å². The Morgan fingerprint density at radius 1 is 1.08 bits per heavy atom. The molecule has 1 aromatic heterocycles. The van der Waals surface area contributed by atoms with Crippen LogP contribution >= 0.6 is 0 Å². The van der Waals surface area contributed by atoms with Gasteiger partial charge in [0.05, 0.1) is 0 Å². The molecule has 1 fully saturated rings. The second kappa shape index (κ2) is 7.95. The van der Waals surface area contributed by atoms with Crippen LogP contribution in [0, 0.1) is 0 Å². The van der Waals surface area contributed by atoms with Crippen LogP contribution in [0.15, 0.2) is 48.8 Å². The van der Waals surface area contributed by atoms with Crippen molar-refractivity contribution in [3.05, 3.63) is 54.4 Å². The number of hydrogen-bond acceptors (Lipinski definition) is 3. The van der Waals surface area contributed by atoms with Gasteiger partial charge in [-0.2, -0.15) is 0 Å². The Labute approximate surface area is 143 Å². The van der Waals surface area contributed by atoms with Crippen LogP contribution in [0.4, 0.5) is 11.4 Å². The van der Waals surface area contributed by atoms with Crippen LogP contribution in [0.25, 0.3) is 0 Å². The van der Waals surface area contributed by atoms with E-state index < -0.39 is 0 Å². The summed E-state index contributed by atoms with van der Waals surface area (Å²) in [6, 6.07) is 12.1. The number of aromatic nitrogens is 1. The molecular formula is C20H25N3O. The lowest BCUT2D eigenvalue weighted by Crippen LogP contribution is -2.29. The second-order valence-corrected chi connectivity index (χ2v) is 6.53. The van der Waals surface area contributed by atoms with Crippen LogP contribution in [0.3, 0.4) is 0 Å². The molecule has 4 nitrogen and oxygen atoms in total. The van der Waals surface area contributed by atoms with Crippen molar-refractivity contribution in [2.75, 3.05) is 23.3 Å². The monoisotopic (exact) mass is 323 g/mol. The summed E-state index contributed by atoms with van der Waals surface area (Å²) >= 11 is 0. The molecule has 1 saturated heterocycles. The lowest BCUT2D eigenvalue weighted by molar-refractivity contribution is -0.116. The van der Waals surface area contributed by atoms with Crippen molar-refractivity contribution < 1.29 is 4.79 Å². The highest BCUT2D eigenvalue weighted by atomic mass is 16.1. The molecule has 2 aromatic rings. The zero-order valence-corrected chi connectivity index (χ0v) is 14.2. The molecule has 0 bridgehead atoms. The zero-order valence-electron chi connectivity index (χ0n) is 14.2. The summed E-state index contributed by atoms with van der Waals surface area (Å²) < 4.78 is 0. The third kappa shape index (κ3) is 4.34. The van der Waals surface area contributed by atoms with E-state index in [0.29, 0.717) is 6.42 Å². The molecule has 1 aromatic carbocycles. The van der Waals surface area contributed by atoms with E-state index >= 15 is 0 Å². The Morgan fingerprint density at radius 2 is 1.75 bits per heavy atom. The van der Waals surface area contributed by atoms with Gasteiger partial charge < -0.3 is 10.2 Å². The molecule has 1 N–H and O–H groups in total. The quantitative estimate of drug-likeness (QED) is 0.897. The number of carbonyl (C=O) groups is 1. The average molecular weight is 323 g/mol. The highest BCUT2D eigenvalue weighted by molar-refractivity contribution is 5.91. The van der Waals surface area contributed by atoms with Gasteiger partial charge in [-0.15, -0.1) is 0 Å². The van der Waals surface area contributed by atoms with E-state index in [1.54, 1.807) is 12.4 Å². The topological polar surface area (TPSA) is 45.2 Å². The minimum atomic E-state index is 0.0463. The molecule has 24 heavy (non-hydrogen) atoms. The lowest BCUT2D eigenvalue weighted by atomic mass is 9.98. The molecule has 1 aliphatic rings. The van der Waals surface area contributed by atoms with Gasteiger partial charge >= 0.3 is 0 Å². The fourth-order valence-corrected chi connectivity index (χ4v) is 3.21. The summed E-state index contributed by atoms with van der Waals surface area (Å²) in [7, 11) is 0. The molecule has 3 rings (SSSR count). The van der Waals surface area contributed by atoms with Gasteiger partial charge in [0.1, 0.15) is 0 Å². The molecule has 0 radical (unpaired) electrons. The fourth-order valence-electron chi connectivity index (χ4n) is 3.21. The molecular weight excluding hydrogens is 298 g/mol. The minimum absolute atomic E-state index is 0.0463. The third-order valence-electron chi connectivity index (χ3n) is 4.64. The maximum Gasteiger partial charge on any atom is 0.224 e. The van der Waals surface area contributed by atoms with Gasteiger partial charge in [-0.1, -0.05) is 6.92 Å². The van der Waals surface area contributed by atoms with E-state index in [1.165, 1.54) is 24.9 Å². The number of pyridine rings is 1. The molecule has 4 heteroatoms. The Morgan fingerprint density at radius 3 is 2.42 bits per heavy atom. The highest BCUT2D eigenvalue weighted by Crippen LogP contribution is 2.23. The SMILES string of the molecule is CC(CC(=O)Nc1ccc(N2CCCCC2)cc1)c1ccncc1. The third-order valence-corrected chi connectivity index (χ3v) is 4.64. The van der Waals surface area contributed by atoms with Crippen molar-refractivity contribution in [2.45, 2.75) is 38.5 Å². The first-order valence-electron chi connectivity index (χ1n) is 8.77. The van der Waals surface area contributed by atoms with Gasteiger partial charge in [-0.05, 0) is 67.1 Å². The number of carbonyl (C=O) groups excluding carboxylic acids is 1. The Balaban J connectivity index is 1.54. The van der Waals surface area contributed by atoms with Gasteiger partial charge in [0.15, 0.2) is 0 Å². The van der Waals surface area contributed by atoms with E-state index in [9.17, 15) is 4.79 Å². The first-order chi connectivity index (χ1) is 11.7. The van der Waals surface area contributed by atoms with Crippen molar-refractivity contribution in [2.24, 2.45) is 0 Å². The molecule has 1 amide bonds. The summed E-state index contributed by atoms with van der Waals surface area (Å²) in [5, 5.41) is 3.00. The van der Waals surface area contributed by atoms with Gasteiger partial charge in [0.25, 0.3) is 0 Å². The van der Waals surface area contributed by atoms with Gasteiger partial charge in [-0.3, -0.25) is 9.78 Å². The number of anilines is 2. The summed E-state index contributed by atoms with van der Waals surface area (Å²) in [5.41, 5.74) is 3.25. The summed E-state index contributed by atoms with van der Waals surface area (Å²) in [6.07, 6.45) is 7.88. The van der Waals surface area contributed by atoms with E-state index in [4.69, 9.17) is 0 Å². The van der Waals surface area contributed by atoms with Crippen LogP contribution in [-0.2, 0) is 4.79 Å². The molecule has 1 aliphatic heterocycles. The number of nitrogens with zero attached hydrogens (tertiary/aromatic N) is 2. The van der Waals surface area contributed by atoms with Crippen molar-refractivity contribution in [3.8, 4) is 0 Å². The van der Waals surface area contributed by atoms with Crippen molar-refractivity contribution in [3.63, 3.8) is 0 Å². The molecule has 0 saturated carbocycles. The number of rotatable bonds is 5. The van der Waals surface area contributed by atoms with Gasteiger partial charge in [-0.25, -0.2) is 0 Å². The highest BCUT2D eigenvalue weighted by Gasteiger charge is 2.13. The molecule has 0 spiro atoms. The smallest absolute Gasteiger partial charge is 0.224 e. The summed E-state index contributed by atoms with van der Waals surface area (Å²) in [5.74, 6) is 0.227. The number of piperidine rings is 1. The molecule has 1 atom stereocenters. The standard InChI is InChI=1S/C20H25N3O/c1-16(17-9-11-21-12-10-17)15-20(24)22-18-5-7-19(8-6-18)23-13-3-2-4-14-23/h5-12,16H,2-4,13-15H2,1H3,(H,22,24). The number of amides is 1. The van der Waals surface area contributed by atoms with Crippen molar-refractivity contribution >= 4 is 17.3 Å². The maximum absolute atomic E-state index is 12.2. The first kappa shape index (κ1) is 16.5. The Bertz CT molecular complexity index is 648. The Hall–Kier alpha value is -2.36. The van der Waals surface area contributed by atoms with Crippen LogP contribution in [-0.4, -0.2) is 24.0 Å². The van der Waals surface area contributed by atoms with Gasteiger partial charge in [0.2, 0.25) is 5.91 Å². The zero-order chi connectivity index (χ0) is 16.8. The van der Waals surface area contributed by atoms with E-state index in [-0.39, 0.29) is 11.8 Å². The first-order valence-corrected chi connectivity index (χ1v) is 8.77. The van der Waals surface area contributed by atoms with Crippen LogP contribution in [0.1, 0.15) is 44.1 Å². The average Bonchev–Trinajstić information content (AvgIpc) is 2.64. The summed E-state index contributed by atoms with van der Waals surface area (Å²) in [6.45, 7) is 4.33. The molecule has 0 aliphatic carbocycles. The predicted molar refractivity (Wildman–Crippen MR) is 98.4 cm³/mol. The minimum Gasteiger partial charge on any atom is -0.372 e. The van der Waals surface area contributed by atoms with E-state index in [1.807, 2.05) is 24.3 Å². The number of benzene rings is 1. The number of hydrogen-bond donors (Lipinski definition) is 1. The second-order valence-electron chi connectivity index (χ2n) is 6.53. The molecule has 1 unspecified atom stereocenters. The van der Waals surface area contributed by atoms with Crippen LogP contribution in [0.5, 0.6) is 0 Å².